The molecule has 2 aliphatic rings. The van der Waals surface area contributed by atoms with Crippen molar-refractivity contribution in [3.63, 3.8) is 0 Å². The fraction of sp³-hybridized carbons (Fsp3) is 0.189. The van der Waals surface area contributed by atoms with Crippen LogP contribution in [0.1, 0.15) is 46.2 Å². The number of alkyl halides is 6. The Bertz CT molecular complexity index is 1970. The summed E-state index contributed by atoms with van der Waals surface area (Å²) in [6, 6.07) is 26.0. The third kappa shape index (κ3) is 4.66. The molecule has 2 nitrogen and oxygen atoms in total. The van der Waals surface area contributed by atoms with Crippen LogP contribution >= 0.6 is 0 Å². The first-order valence-corrected chi connectivity index (χ1v) is 14.7. The Morgan fingerprint density at radius 1 is 0.733 bits per heavy atom. The van der Waals surface area contributed by atoms with E-state index in [2.05, 4.69) is 11.1 Å². The molecule has 0 N–H and O–H groups in total. The molecule has 2 unspecified atom stereocenters. The van der Waals surface area contributed by atoms with Gasteiger partial charge in [-0.3, -0.25) is 0 Å². The molecule has 0 radical (unpaired) electrons. The summed E-state index contributed by atoms with van der Waals surface area (Å²) >= 11 is 0. The first kappa shape index (κ1) is 29.0. The zero-order chi connectivity index (χ0) is 31.7. The Hall–Kier alpha value is -4.72. The maximum absolute atomic E-state index is 14.9. The molecule has 2 aliphatic heterocycles. The SMILES string of the molecule is C=C1C2C(CCc3c(ccc(C(F)(F)F)c3C(F)(F)F)-c3c(-c4ccccc4)c(C)cc[n+]31)c1ccccc1-c1cccc[n+]12. The van der Waals surface area contributed by atoms with Gasteiger partial charge in [0, 0.05) is 23.8 Å². The van der Waals surface area contributed by atoms with Gasteiger partial charge >= 0.3 is 12.4 Å². The lowest BCUT2D eigenvalue weighted by Gasteiger charge is -2.29. The van der Waals surface area contributed by atoms with Crippen molar-refractivity contribution in [2.45, 2.75) is 44.1 Å². The van der Waals surface area contributed by atoms with E-state index in [0.717, 1.165) is 27.9 Å². The summed E-state index contributed by atoms with van der Waals surface area (Å²) in [6.07, 6.45) is -6.76. The van der Waals surface area contributed by atoms with Crippen LogP contribution < -0.4 is 9.13 Å². The number of benzene rings is 3. The number of aryl methyl sites for hydroxylation is 1. The van der Waals surface area contributed by atoms with Crippen molar-refractivity contribution in [2.75, 3.05) is 0 Å². The lowest BCUT2D eigenvalue weighted by atomic mass is 9.78. The van der Waals surface area contributed by atoms with Crippen LogP contribution in [0.15, 0.2) is 110 Å². The summed E-state index contributed by atoms with van der Waals surface area (Å²) in [7, 11) is 0. The molecule has 226 valence electrons. The number of pyridine rings is 2. The van der Waals surface area contributed by atoms with Gasteiger partial charge in [-0.2, -0.15) is 35.5 Å². The minimum atomic E-state index is -5.24. The largest absolute Gasteiger partial charge is 0.417 e. The van der Waals surface area contributed by atoms with Crippen LogP contribution in [-0.4, -0.2) is 0 Å². The first-order chi connectivity index (χ1) is 21.5. The standard InChI is InChI=1S/C37H28F6N2/c1-22-19-21-44-23(2)34-28(25-12-6-7-13-26(25)31-14-8-9-20-45(31)34)16-15-27-29(35(44)32(22)24-10-4-3-5-11-24)17-18-30(36(38,39)40)33(27)37(41,42)43/h3-14,17-21,28,34H,2,15-16H2,1H3/q+2. The van der Waals surface area contributed by atoms with Crippen molar-refractivity contribution < 1.29 is 35.5 Å². The molecule has 0 fully saturated rings. The van der Waals surface area contributed by atoms with Crippen molar-refractivity contribution in [3.8, 4) is 33.6 Å². The predicted molar refractivity (Wildman–Crippen MR) is 160 cm³/mol. The zero-order valence-corrected chi connectivity index (χ0v) is 24.3. The van der Waals surface area contributed by atoms with Gasteiger partial charge in [-0.25, -0.2) is 0 Å². The number of aromatic nitrogens is 2. The smallest absolute Gasteiger partial charge is 0.184 e. The summed E-state index contributed by atoms with van der Waals surface area (Å²) in [5, 5.41) is 0. The third-order valence-electron chi connectivity index (χ3n) is 9.13. The molecular formula is C37H28F6N2+2. The van der Waals surface area contributed by atoms with E-state index in [4.69, 9.17) is 0 Å². The second-order valence-corrected chi connectivity index (χ2v) is 11.6. The van der Waals surface area contributed by atoms with Crippen molar-refractivity contribution in [2.24, 2.45) is 0 Å². The third-order valence-corrected chi connectivity index (χ3v) is 9.13. The highest BCUT2D eigenvalue weighted by Gasteiger charge is 2.50. The predicted octanol–water partition coefficient (Wildman–Crippen LogP) is 9.36. The Morgan fingerprint density at radius 2 is 1.44 bits per heavy atom. The van der Waals surface area contributed by atoms with E-state index in [-0.39, 0.29) is 29.9 Å². The van der Waals surface area contributed by atoms with Crippen LogP contribution in [0.2, 0.25) is 0 Å². The van der Waals surface area contributed by atoms with Crippen molar-refractivity contribution >= 4 is 5.70 Å². The highest BCUT2D eigenvalue weighted by Crippen LogP contribution is 2.50. The molecule has 0 amide bonds. The monoisotopic (exact) mass is 614 g/mol. The number of halogens is 6. The lowest BCUT2D eigenvalue weighted by molar-refractivity contribution is -0.727. The second kappa shape index (κ2) is 10.4. The van der Waals surface area contributed by atoms with Gasteiger partial charge in [-0.05, 0) is 72.9 Å². The summed E-state index contributed by atoms with van der Waals surface area (Å²) in [5.41, 5.74) is 2.41. The van der Waals surface area contributed by atoms with Gasteiger partial charge in [0.05, 0.1) is 28.2 Å². The Balaban J connectivity index is 1.62. The van der Waals surface area contributed by atoms with Gasteiger partial charge < -0.3 is 0 Å². The van der Waals surface area contributed by atoms with Crippen LogP contribution in [0, 0.1) is 6.92 Å². The number of hydrogen-bond donors (Lipinski definition) is 0. The van der Waals surface area contributed by atoms with E-state index >= 15 is 0 Å². The molecule has 2 aromatic heterocycles. The van der Waals surface area contributed by atoms with Gasteiger partial charge in [-0.1, -0.05) is 48.5 Å². The molecule has 7 rings (SSSR count). The molecule has 0 saturated carbocycles. The topological polar surface area (TPSA) is 7.76 Å². The quantitative estimate of drug-likeness (QED) is 0.131. The zero-order valence-electron chi connectivity index (χ0n) is 24.3. The number of allylic oxidation sites excluding steroid dienone is 1. The second-order valence-electron chi connectivity index (χ2n) is 11.6. The van der Waals surface area contributed by atoms with Crippen molar-refractivity contribution in [1.82, 2.24) is 0 Å². The Morgan fingerprint density at radius 3 is 2.18 bits per heavy atom. The van der Waals surface area contributed by atoms with Crippen molar-refractivity contribution in [1.29, 1.82) is 0 Å². The normalized spacial score (nSPS) is 17.5. The maximum Gasteiger partial charge on any atom is 0.417 e. The molecule has 45 heavy (non-hydrogen) atoms. The van der Waals surface area contributed by atoms with Gasteiger partial charge in [-0.15, -0.1) is 0 Å². The highest BCUT2D eigenvalue weighted by atomic mass is 19.4. The lowest BCUT2D eigenvalue weighted by Crippen LogP contribution is -2.53. The molecular weight excluding hydrogens is 586 g/mol. The summed E-state index contributed by atoms with van der Waals surface area (Å²) < 4.78 is 91.4. The van der Waals surface area contributed by atoms with Crippen molar-refractivity contribution in [3.05, 3.63) is 138 Å². The van der Waals surface area contributed by atoms with Crippen LogP contribution in [-0.2, 0) is 18.8 Å². The molecule has 0 bridgehead atoms. The van der Waals surface area contributed by atoms with E-state index in [0.29, 0.717) is 23.0 Å². The molecule has 2 atom stereocenters. The van der Waals surface area contributed by atoms with E-state index in [1.54, 1.807) is 10.8 Å². The fourth-order valence-corrected chi connectivity index (χ4v) is 7.31. The maximum atomic E-state index is 14.9. The summed E-state index contributed by atoms with van der Waals surface area (Å²) in [5.74, 6) is -0.364. The van der Waals surface area contributed by atoms with Gasteiger partial charge in [0.1, 0.15) is 0 Å². The fourth-order valence-electron chi connectivity index (χ4n) is 7.31. The molecule has 0 aliphatic carbocycles. The Kier molecular flexibility index (Phi) is 6.73. The van der Waals surface area contributed by atoms with Gasteiger partial charge in [0.2, 0.25) is 23.1 Å². The van der Waals surface area contributed by atoms with E-state index in [9.17, 15) is 26.3 Å². The van der Waals surface area contributed by atoms with E-state index < -0.39 is 29.5 Å². The van der Waals surface area contributed by atoms with E-state index in [1.165, 1.54) is 6.07 Å². The van der Waals surface area contributed by atoms with E-state index in [1.807, 2.05) is 92.0 Å². The van der Waals surface area contributed by atoms with Crippen LogP contribution in [0.3, 0.4) is 0 Å². The molecule has 4 heterocycles. The van der Waals surface area contributed by atoms with Gasteiger partial charge in [0.25, 0.3) is 0 Å². The highest BCUT2D eigenvalue weighted by molar-refractivity contribution is 5.84. The summed E-state index contributed by atoms with van der Waals surface area (Å²) in [4.78, 5) is 0. The van der Waals surface area contributed by atoms with Crippen LogP contribution in [0.25, 0.3) is 39.3 Å². The molecule has 0 spiro atoms. The molecule has 3 aromatic carbocycles. The number of nitrogens with zero attached hydrogens (tertiary/aromatic N) is 2. The number of fused-ring (bicyclic) bond motifs is 9. The minimum Gasteiger partial charge on any atom is -0.184 e. The van der Waals surface area contributed by atoms with Crippen LogP contribution in [0.4, 0.5) is 26.3 Å². The molecule has 0 saturated heterocycles. The van der Waals surface area contributed by atoms with Crippen LogP contribution in [0.5, 0.6) is 0 Å². The molecule has 5 aromatic rings. The number of rotatable bonds is 1. The molecule has 8 heteroatoms. The first-order valence-electron chi connectivity index (χ1n) is 14.7. The minimum absolute atomic E-state index is 0.115. The average Bonchev–Trinajstić information content (AvgIpc) is 3.06. The Labute approximate surface area is 256 Å². The average molecular weight is 615 g/mol. The number of hydrogen-bond acceptors (Lipinski definition) is 0. The van der Waals surface area contributed by atoms with Gasteiger partial charge in [0.15, 0.2) is 12.4 Å². The summed E-state index contributed by atoms with van der Waals surface area (Å²) in [6.45, 7) is 6.42.